The summed E-state index contributed by atoms with van der Waals surface area (Å²) < 4.78 is 0. The average molecular weight is 241 g/mol. The highest BCUT2D eigenvalue weighted by Gasteiger charge is 2.28. The van der Waals surface area contributed by atoms with Crippen molar-refractivity contribution >= 4 is 17.6 Å². The Bertz CT molecular complexity index is 301. The van der Waals surface area contributed by atoms with Crippen LogP contribution in [0.3, 0.4) is 0 Å². The van der Waals surface area contributed by atoms with Crippen LogP contribution in [-0.4, -0.2) is 41.6 Å². The molecule has 0 bridgehead atoms. The Balaban J connectivity index is 2.74. The number of nitrogens with zero attached hydrogens (tertiary/aromatic N) is 1. The van der Waals surface area contributed by atoms with Crippen molar-refractivity contribution < 1.29 is 14.4 Å². The van der Waals surface area contributed by atoms with Crippen LogP contribution in [-0.2, 0) is 14.4 Å². The Morgan fingerprint density at radius 2 is 1.71 bits per heavy atom. The van der Waals surface area contributed by atoms with Crippen molar-refractivity contribution in [2.24, 2.45) is 11.5 Å². The summed E-state index contributed by atoms with van der Waals surface area (Å²) in [6.07, 6.45) is 3.96. The monoisotopic (exact) mass is 241 g/mol. The Morgan fingerprint density at radius 1 is 1.12 bits per heavy atom. The first-order chi connectivity index (χ1) is 8.00. The van der Waals surface area contributed by atoms with Crippen LogP contribution in [0.25, 0.3) is 0 Å². The van der Waals surface area contributed by atoms with Crippen LogP contribution < -0.4 is 11.5 Å². The second kappa shape index (κ2) is 6.34. The van der Waals surface area contributed by atoms with Crippen molar-refractivity contribution in [2.75, 3.05) is 13.1 Å². The number of carbonyl (C=O) groups is 3. The van der Waals surface area contributed by atoms with Gasteiger partial charge in [0, 0.05) is 6.42 Å². The first kappa shape index (κ1) is 13.6. The van der Waals surface area contributed by atoms with E-state index >= 15 is 0 Å². The highest BCUT2D eigenvalue weighted by Crippen LogP contribution is 2.19. The number of Topliss-reactive ketones (excluding diaryl/α,β-unsaturated/α-hetero) is 1. The predicted octanol–water partition coefficient (Wildman–Crippen LogP) is -0.839. The number of nitrogens with two attached hydrogens (primary N) is 2. The minimum absolute atomic E-state index is 0.0741. The molecule has 2 amide bonds. The van der Waals surface area contributed by atoms with Gasteiger partial charge in [-0.15, -0.1) is 0 Å². The number of amides is 2. The molecule has 6 nitrogen and oxygen atoms in total. The minimum Gasteiger partial charge on any atom is -0.369 e. The van der Waals surface area contributed by atoms with E-state index in [4.69, 9.17) is 11.5 Å². The van der Waals surface area contributed by atoms with Crippen LogP contribution in [0.2, 0.25) is 0 Å². The molecular formula is C11H19N3O3. The standard InChI is InChI=1S/C11H19N3O3/c12-10(16)6-14(7-11(13)17)8-4-2-1-3-5-9(8)15/h8H,1-7H2,(H2,12,16)(H2,13,17). The molecule has 1 aliphatic rings. The molecule has 0 heterocycles. The third kappa shape index (κ3) is 4.52. The van der Waals surface area contributed by atoms with Gasteiger partial charge in [0.25, 0.3) is 0 Å². The molecule has 1 atom stereocenters. The Morgan fingerprint density at radius 3 is 2.24 bits per heavy atom. The molecule has 17 heavy (non-hydrogen) atoms. The smallest absolute Gasteiger partial charge is 0.231 e. The van der Waals surface area contributed by atoms with Crippen LogP contribution in [0.15, 0.2) is 0 Å². The predicted molar refractivity (Wildman–Crippen MR) is 61.8 cm³/mol. The highest BCUT2D eigenvalue weighted by atomic mass is 16.2. The van der Waals surface area contributed by atoms with E-state index < -0.39 is 17.9 Å². The molecule has 4 N–H and O–H groups in total. The van der Waals surface area contributed by atoms with E-state index in [1.807, 2.05) is 0 Å². The molecule has 1 saturated carbocycles. The van der Waals surface area contributed by atoms with Gasteiger partial charge in [0.15, 0.2) is 0 Å². The molecular weight excluding hydrogens is 222 g/mol. The zero-order valence-corrected chi connectivity index (χ0v) is 9.85. The number of hydrogen-bond acceptors (Lipinski definition) is 4. The molecule has 0 saturated heterocycles. The zero-order valence-electron chi connectivity index (χ0n) is 9.85. The van der Waals surface area contributed by atoms with Crippen LogP contribution in [0, 0.1) is 0 Å². The van der Waals surface area contributed by atoms with Gasteiger partial charge in [-0.2, -0.15) is 0 Å². The van der Waals surface area contributed by atoms with Gasteiger partial charge in [0.2, 0.25) is 11.8 Å². The molecule has 0 aromatic heterocycles. The molecule has 0 aromatic rings. The summed E-state index contributed by atoms with van der Waals surface area (Å²) in [6, 6.07) is -0.391. The van der Waals surface area contributed by atoms with Gasteiger partial charge in [0.1, 0.15) is 5.78 Å². The quantitative estimate of drug-likeness (QED) is 0.612. The Labute approximate surface area is 100 Å². The molecule has 0 spiro atoms. The number of carbonyl (C=O) groups excluding carboxylic acids is 3. The van der Waals surface area contributed by atoms with E-state index in [9.17, 15) is 14.4 Å². The number of hydrogen-bond donors (Lipinski definition) is 2. The zero-order chi connectivity index (χ0) is 12.8. The van der Waals surface area contributed by atoms with Crippen LogP contribution >= 0.6 is 0 Å². The van der Waals surface area contributed by atoms with Gasteiger partial charge >= 0.3 is 0 Å². The van der Waals surface area contributed by atoms with Gasteiger partial charge in [-0.1, -0.05) is 12.8 Å². The van der Waals surface area contributed by atoms with E-state index in [1.54, 1.807) is 0 Å². The van der Waals surface area contributed by atoms with Crippen molar-refractivity contribution in [1.29, 1.82) is 0 Å². The number of ketones is 1. The van der Waals surface area contributed by atoms with Gasteiger partial charge in [-0.05, 0) is 12.8 Å². The molecule has 0 radical (unpaired) electrons. The second-order valence-electron chi connectivity index (χ2n) is 4.42. The van der Waals surface area contributed by atoms with E-state index in [0.717, 1.165) is 19.3 Å². The van der Waals surface area contributed by atoms with Crippen LogP contribution in [0.4, 0.5) is 0 Å². The Hall–Kier alpha value is -1.43. The molecule has 0 aliphatic heterocycles. The van der Waals surface area contributed by atoms with E-state index in [2.05, 4.69) is 0 Å². The normalized spacial score (nSPS) is 21.2. The maximum Gasteiger partial charge on any atom is 0.231 e. The van der Waals surface area contributed by atoms with E-state index in [0.29, 0.717) is 12.8 Å². The summed E-state index contributed by atoms with van der Waals surface area (Å²) in [5.74, 6) is -1.03. The minimum atomic E-state index is -0.553. The summed E-state index contributed by atoms with van der Waals surface area (Å²) in [5, 5.41) is 0. The molecule has 1 rings (SSSR count). The lowest BCUT2D eigenvalue weighted by molar-refractivity contribution is -0.128. The fourth-order valence-corrected chi connectivity index (χ4v) is 2.20. The summed E-state index contributed by atoms with van der Waals surface area (Å²) in [5.41, 5.74) is 10.2. The lowest BCUT2D eigenvalue weighted by Crippen LogP contribution is -2.48. The fraction of sp³-hybridized carbons (Fsp3) is 0.727. The molecule has 1 unspecified atom stereocenters. The average Bonchev–Trinajstić information content (AvgIpc) is 2.40. The maximum absolute atomic E-state index is 11.9. The third-order valence-electron chi connectivity index (χ3n) is 2.93. The van der Waals surface area contributed by atoms with Gasteiger partial charge in [-0.3, -0.25) is 19.3 Å². The fourth-order valence-electron chi connectivity index (χ4n) is 2.20. The number of primary amides is 2. The Kier molecular flexibility index (Phi) is 5.09. The largest absolute Gasteiger partial charge is 0.369 e. The summed E-state index contributed by atoms with van der Waals surface area (Å²) in [4.78, 5) is 35.3. The lowest BCUT2D eigenvalue weighted by atomic mass is 10.1. The SMILES string of the molecule is NC(=O)CN(CC(N)=O)C1CCCCCC1=O. The summed E-state index contributed by atoms with van der Waals surface area (Å²) in [6.45, 7) is -0.196. The van der Waals surface area contributed by atoms with Crippen molar-refractivity contribution in [3.63, 3.8) is 0 Å². The van der Waals surface area contributed by atoms with E-state index in [1.165, 1.54) is 4.90 Å². The first-order valence-corrected chi connectivity index (χ1v) is 5.84. The number of rotatable bonds is 5. The molecule has 1 fully saturated rings. The highest BCUT2D eigenvalue weighted by molar-refractivity contribution is 5.86. The molecule has 1 aliphatic carbocycles. The maximum atomic E-state index is 11.9. The van der Waals surface area contributed by atoms with Crippen molar-refractivity contribution in [3.8, 4) is 0 Å². The lowest BCUT2D eigenvalue weighted by Gasteiger charge is -2.27. The van der Waals surface area contributed by atoms with Crippen molar-refractivity contribution in [2.45, 2.75) is 38.1 Å². The van der Waals surface area contributed by atoms with Crippen molar-refractivity contribution in [3.05, 3.63) is 0 Å². The topological polar surface area (TPSA) is 106 Å². The molecule has 0 aromatic carbocycles. The first-order valence-electron chi connectivity index (χ1n) is 5.84. The van der Waals surface area contributed by atoms with Gasteiger partial charge in [-0.25, -0.2) is 0 Å². The van der Waals surface area contributed by atoms with Gasteiger partial charge < -0.3 is 11.5 Å². The summed E-state index contributed by atoms with van der Waals surface area (Å²) in [7, 11) is 0. The summed E-state index contributed by atoms with van der Waals surface area (Å²) >= 11 is 0. The van der Waals surface area contributed by atoms with Gasteiger partial charge in [0.05, 0.1) is 19.1 Å². The molecule has 96 valence electrons. The molecule has 6 heteroatoms. The van der Waals surface area contributed by atoms with E-state index in [-0.39, 0.29) is 18.9 Å². The third-order valence-corrected chi connectivity index (χ3v) is 2.93. The van der Waals surface area contributed by atoms with Crippen LogP contribution in [0.1, 0.15) is 32.1 Å². The van der Waals surface area contributed by atoms with Crippen molar-refractivity contribution in [1.82, 2.24) is 4.90 Å². The van der Waals surface area contributed by atoms with Crippen LogP contribution in [0.5, 0.6) is 0 Å². The second-order valence-corrected chi connectivity index (χ2v) is 4.42.